The third-order valence-electron chi connectivity index (χ3n) is 6.20. The number of furan rings is 2. The number of ether oxygens (including phenoxy) is 2. The molecule has 2 atom stereocenters. The summed E-state index contributed by atoms with van der Waals surface area (Å²) in [6.45, 7) is 4.46. The van der Waals surface area contributed by atoms with E-state index in [2.05, 4.69) is 30.9 Å². The lowest BCUT2D eigenvalue weighted by molar-refractivity contribution is -0.0634. The number of methoxy groups -OCH3 is 1. The Morgan fingerprint density at radius 1 is 0.871 bits per heavy atom. The summed E-state index contributed by atoms with van der Waals surface area (Å²) in [5.41, 5.74) is 0.665. The molecule has 1 aliphatic rings. The van der Waals surface area contributed by atoms with Crippen molar-refractivity contribution >= 4 is 5.69 Å². The molecule has 1 saturated heterocycles. The average molecular weight is 424 g/mol. The van der Waals surface area contributed by atoms with Crippen molar-refractivity contribution in [3.63, 3.8) is 0 Å². The van der Waals surface area contributed by atoms with E-state index >= 15 is 0 Å². The molecule has 0 aliphatic carbocycles. The Hall–Kier alpha value is -2.66. The predicted molar refractivity (Wildman–Crippen MR) is 121 cm³/mol. The quantitative estimate of drug-likeness (QED) is 0.343. The Morgan fingerprint density at radius 3 is 2.00 bits per heavy atom. The molecule has 3 aromatic rings. The number of benzene rings is 1. The van der Waals surface area contributed by atoms with Crippen LogP contribution in [0.15, 0.2) is 69.9 Å². The zero-order chi connectivity index (χ0) is 21.7. The van der Waals surface area contributed by atoms with Crippen LogP contribution in [-0.4, -0.2) is 12.8 Å². The fourth-order valence-electron chi connectivity index (χ4n) is 4.68. The molecule has 3 heterocycles. The molecule has 1 aromatic carbocycles. The van der Waals surface area contributed by atoms with Gasteiger partial charge in [0.25, 0.3) is 0 Å². The van der Waals surface area contributed by atoms with E-state index in [9.17, 15) is 0 Å². The summed E-state index contributed by atoms with van der Waals surface area (Å²) in [6.07, 6.45) is 9.50. The number of unbranched alkanes of at least 4 members (excludes halogenated alkanes) is 2. The lowest BCUT2D eigenvalue weighted by Gasteiger charge is -2.41. The maximum atomic E-state index is 7.00. The SMILES string of the molecule is CCCCC1(CCCC)O[C@H](c2ccco2)[C@@H](c2ccco2)N1c1ccc(OC)cc1. The lowest BCUT2D eigenvalue weighted by atomic mass is 9.95. The second-order valence-corrected chi connectivity index (χ2v) is 8.24. The number of nitrogens with zero attached hydrogens (tertiary/aromatic N) is 1. The first kappa shape index (κ1) is 21.6. The van der Waals surface area contributed by atoms with E-state index in [-0.39, 0.29) is 12.1 Å². The molecule has 0 N–H and O–H groups in total. The highest BCUT2D eigenvalue weighted by Crippen LogP contribution is 2.55. The van der Waals surface area contributed by atoms with Crippen molar-refractivity contribution in [3.8, 4) is 5.75 Å². The monoisotopic (exact) mass is 423 g/mol. The first-order valence-corrected chi connectivity index (χ1v) is 11.4. The second-order valence-electron chi connectivity index (χ2n) is 8.24. The van der Waals surface area contributed by atoms with Crippen molar-refractivity contribution in [2.24, 2.45) is 0 Å². The van der Waals surface area contributed by atoms with Gasteiger partial charge >= 0.3 is 0 Å². The minimum Gasteiger partial charge on any atom is -0.497 e. The summed E-state index contributed by atoms with van der Waals surface area (Å²) < 4.78 is 24.2. The molecule has 4 rings (SSSR count). The Bertz CT molecular complexity index is 894. The molecule has 1 fully saturated rings. The van der Waals surface area contributed by atoms with E-state index in [0.29, 0.717) is 0 Å². The standard InChI is InChI=1S/C26H33NO4/c1-4-6-16-26(17-7-5-2)27(20-12-14-21(28-3)15-13-20)24(22-10-8-18-29-22)25(31-26)23-11-9-19-30-23/h8-15,18-19,24-25H,4-7,16-17H2,1-3H3/t24-,25-/m1/s1. The predicted octanol–water partition coefficient (Wildman–Crippen LogP) is 7.28. The number of hydrogen-bond donors (Lipinski definition) is 0. The van der Waals surface area contributed by atoms with Crippen LogP contribution in [0, 0.1) is 0 Å². The number of hydrogen-bond acceptors (Lipinski definition) is 5. The summed E-state index contributed by atoms with van der Waals surface area (Å²) in [4.78, 5) is 2.43. The van der Waals surface area contributed by atoms with Crippen molar-refractivity contribution < 1.29 is 18.3 Å². The highest BCUT2D eigenvalue weighted by molar-refractivity contribution is 5.54. The Kier molecular flexibility index (Phi) is 6.71. The van der Waals surface area contributed by atoms with Gasteiger partial charge in [-0.2, -0.15) is 0 Å². The summed E-state index contributed by atoms with van der Waals surface area (Å²) in [7, 11) is 1.69. The van der Waals surface area contributed by atoms with Gasteiger partial charge in [0, 0.05) is 5.69 Å². The van der Waals surface area contributed by atoms with Gasteiger partial charge in [-0.25, -0.2) is 0 Å². The minimum atomic E-state index is -0.435. The fourth-order valence-corrected chi connectivity index (χ4v) is 4.68. The van der Waals surface area contributed by atoms with Gasteiger partial charge in [0.1, 0.15) is 35.1 Å². The second kappa shape index (κ2) is 9.65. The van der Waals surface area contributed by atoms with Gasteiger partial charge in [-0.3, -0.25) is 0 Å². The van der Waals surface area contributed by atoms with Crippen LogP contribution in [0.5, 0.6) is 5.75 Å². The van der Waals surface area contributed by atoms with E-state index in [1.165, 1.54) is 0 Å². The molecular formula is C26H33NO4. The number of anilines is 1. The molecule has 5 heteroatoms. The van der Waals surface area contributed by atoms with Gasteiger partial charge in [-0.15, -0.1) is 0 Å². The van der Waals surface area contributed by atoms with Gasteiger partial charge in [-0.1, -0.05) is 26.7 Å². The van der Waals surface area contributed by atoms with Crippen LogP contribution in [0.2, 0.25) is 0 Å². The van der Waals surface area contributed by atoms with Crippen LogP contribution in [-0.2, 0) is 4.74 Å². The van der Waals surface area contributed by atoms with Crippen LogP contribution in [0.4, 0.5) is 5.69 Å². The van der Waals surface area contributed by atoms with Crippen molar-refractivity contribution in [2.45, 2.75) is 70.2 Å². The van der Waals surface area contributed by atoms with E-state index in [0.717, 1.165) is 61.5 Å². The Morgan fingerprint density at radius 2 is 1.48 bits per heavy atom. The summed E-state index contributed by atoms with van der Waals surface area (Å²) in [6, 6.07) is 16.1. The molecular weight excluding hydrogens is 390 g/mol. The van der Waals surface area contributed by atoms with Crippen molar-refractivity contribution in [3.05, 3.63) is 72.6 Å². The molecule has 166 valence electrons. The van der Waals surface area contributed by atoms with E-state index in [4.69, 9.17) is 18.3 Å². The zero-order valence-electron chi connectivity index (χ0n) is 18.8. The molecule has 0 bridgehead atoms. The smallest absolute Gasteiger partial charge is 0.146 e. The van der Waals surface area contributed by atoms with Gasteiger partial charge in [0.2, 0.25) is 0 Å². The molecule has 31 heavy (non-hydrogen) atoms. The molecule has 0 radical (unpaired) electrons. The largest absolute Gasteiger partial charge is 0.497 e. The maximum absolute atomic E-state index is 7.00. The van der Waals surface area contributed by atoms with E-state index in [1.54, 1.807) is 19.6 Å². The average Bonchev–Trinajstić information content (AvgIpc) is 3.56. The summed E-state index contributed by atoms with van der Waals surface area (Å²) >= 11 is 0. The fraction of sp³-hybridized carbons (Fsp3) is 0.462. The topological polar surface area (TPSA) is 48.0 Å². The molecule has 1 aliphatic heterocycles. The first-order valence-electron chi connectivity index (χ1n) is 11.4. The van der Waals surface area contributed by atoms with Gasteiger partial charge in [0.15, 0.2) is 0 Å². The minimum absolute atomic E-state index is 0.122. The lowest BCUT2D eigenvalue weighted by Crippen LogP contribution is -2.46. The highest BCUT2D eigenvalue weighted by atomic mass is 16.6. The number of rotatable bonds is 10. The zero-order valence-corrected chi connectivity index (χ0v) is 18.8. The van der Waals surface area contributed by atoms with Crippen molar-refractivity contribution in [1.29, 1.82) is 0 Å². The maximum Gasteiger partial charge on any atom is 0.146 e. The molecule has 0 unspecified atom stereocenters. The summed E-state index contributed by atoms with van der Waals surface area (Å²) in [5, 5.41) is 0. The Labute approximate surface area is 184 Å². The van der Waals surface area contributed by atoms with E-state index in [1.807, 2.05) is 36.4 Å². The molecule has 0 spiro atoms. The van der Waals surface area contributed by atoms with Crippen LogP contribution >= 0.6 is 0 Å². The van der Waals surface area contributed by atoms with Gasteiger partial charge in [0.05, 0.1) is 19.6 Å². The molecule has 0 saturated carbocycles. The van der Waals surface area contributed by atoms with Gasteiger partial charge in [-0.05, 0) is 74.2 Å². The third kappa shape index (κ3) is 4.24. The van der Waals surface area contributed by atoms with Crippen molar-refractivity contribution in [1.82, 2.24) is 0 Å². The van der Waals surface area contributed by atoms with Crippen molar-refractivity contribution in [2.75, 3.05) is 12.0 Å². The highest BCUT2D eigenvalue weighted by Gasteiger charge is 2.55. The molecule has 5 nitrogen and oxygen atoms in total. The third-order valence-corrected chi connectivity index (χ3v) is 6.20. The van der Waals surface area contributed by atoms with Crippen LogP contribution in [0.3, 0.4) is 0 Å². The molecule has 2 aromatic heterocycles. The normalized spacial score (nSPS) is 20.3. The Balaban J connectivity index is 1.85. The van der Waals surface area contributed by atoms with Gasteiger partial charge < -0.3 is 23.2 Å². The van der Waals surface area contributed by atoms with Crippen LogP contribution < -0.4 is 9.64 Å². The van der Waals surface area contributed by atoms with Crippen LogP contribution in [0.25, 0.3) is 0 Å². The first-order chi connectivity index (χ1) is 15.2. The molecule has 0 amide bonds. The summed E-state index contributed by atoms with van der Waals surface area (Å²) in [5.74, 6) is 2.55. The van der Waals surface area contributed by atoms with E-state index < -0.39 is 5.72 Å². The van der Waals surface area contributed by atoms with Crippen LogP contribution in [0.1, 0.15) is 76.0 Å².